The van der Waals surface area contributed by atoms with E-state index in [9.17, 15) is 4.79 Å². The average Bonchev–Trinajstić information content (AvgIpc) is 3.29. The van der Waals surface area contributed by atoms with E-state index in [-0.39, 0.29) is 5.91 Å². The number of hydrogen-bond donors (Lipinski definition) is 2. The van der Waals surface area contributed by atoms with Crippen molar-refractivity contribution in [3.63, 3.8) is 0 Å². The summed E-state index contributed by atoms with van der Waals surface area (Å²) in [5, 5.41) is 7.70. The number of carbonyl (C=O) groups excluding carboxylic acids is 1. The molecule has 0 atom stereocenters. The fourth-order valence-electron chi connectivity index (χ4n) is 2.67. The Bertz CT molecular complexity index is 1120. The first-order chi connectivity index (χ1) is 13.2. The van der Waals surface area contributed by atoms with Gasteiger partial charge in [-0.15, -0.1) is 0 Å². The lowest BCUT2D eigenvalue weighted by Crippen LogP contribution is -2.11. The molecule has 0 bridgehead atoms. The average molecular weight is 399 g/mol. The molecular weight excluding hydrogens is 380 g/mol. The Labute approximate surface area is 164 Å². The Balaban J connectivity index is 1.63. The van der Waals surface area contributed by atoms with Crippen molar-refractivity contribution in [2.45, 2.75) is 13.3 Å². The maximum absolute atomic E-state index is 12.5. The molecule has 4 rings (SSSR count). The molecule has 138 valence electrons. The van der Waals surface area contributed by atoms with Gasteiger partial charge in [-0.25, -0.2) is 9.97 Å². The van der Waals surface area contributed by atoms with E-state index in [1.165, 1.54) is 11.3 Å². The first kappa shape index (κ1) is 17.7. The standard InChI is InChI=1S/C19H18N4O2S2/c1-3-9-20-18-21-13-7-8-14-16(15(13)26-18)27-19(22-14)23-17(24)11-5-4-6-12(10-11)25-2/h4-8,10H,3,9H2,1-2H3,(H,20,21)(H,22,23,24). The number of ether oxygens (including phenoxy) is 1. The van der Waals surface area contributed by atoms with E-state index in [1.54, 1.807) is 42.7 Å². The lowest BCUT2D eigenvalue weighted by molar-refractivity contribution is 0.102. The zero-order chi connectivity index (χ0) is 18.8. The third-order valence-corrected chi connectivity index (χ3v) is 6.17. The topological polar surface area (TPSA) is 76.1 Å². The van der Waals surface area contributed by atoms with Gasteiger partial charge >= 0.3 is 0 Å². The van der Waals surface area contributed by atoms with Crippen LogP contribution in [0.3, 0.4) is 0 Å². The molecule has 2 N–H and O–H groups in total. The highest BCUT2D eigenvalue weighted by Crippen LogP contribution is 2.37. The number of hydrogen-bond acceptors (Lipinski definition) is 7. The van der Waals surface area contributed by atoms with Crippen molar-refractivity contribution in [1.29, 1.82) is 0 Å². The molecule has 0 spiro atoms. The minimum atomic E-state index is -0.209. The quantitative estimate of drug-likeness (QED) is 0.479. The van der Waals surface area contributed by atoms with Crippen LogP contribution in [0.15, 0.2) is 36.4 Å². The molecule has 0 aliphatic heterocycles. The van der Waals surface area contributed by atoms with Gasteiger partial charge in [0.2, 0.25) is 0 Å². The van der Waals surface area contributed by atoms with Gasteiger partial charge < -0.3 is 10.1 Å². The van der Waals surface area contributed by atoms with Crippen LogP contribution < -0.4 is 15.4 Å². The number of methoxy groups -OCH3 is 1. The summed E-state index contributed by atoms with van der Waals surface area (Å²) in [6, 6.07) is 11.0. The number of aromatic nitrogens is 2. The van der Waals surface area contributed by atoms with Crippen molar-refractivity contribution in [2.75, 3.05) is 24.3 Å². The van der Waals surface area contributed by atoms with Crippen molar-refractivity contribution in [2.24, 2.45) is 0 Å². The molecule has 0 fully saturated rings. The highest BCUT2D eigenvalue weighted by atomic mass is 32.1. The number of fused-ring (bicyclic) bond motifs is 3. The third kappa shape index (κ3) is 3.58. The molecule has 0 aliphatic carbocycles. The number of carbonyl (C=O) groups is 1. The second-order valence-corrected chi connectivity index (χ2v) is 7.91. The number of benzene rings is 2. The van der Waals surface area contributed by atoms with Crippen LogP contribution in [-0.4, -0.2) is 29.5 Å². The fourth-order valence-corrected chi connectivity index (χ4v) is 4.74. The summed E-state index contributed by atoms with van der Waals surface area (Å²) in [6.45, 7) is 3.02. The van der Waals surface area contributed by atoms with Crippen LogP contribution in [-0.2, 0) is 0 Å². The molecule has 2 aromatic heterocycles. The Morgan fingerprint density at radius 3 is 2.48 bits per heavy atom. The molecule has 0 unspecified atom stereocenters. The van der Waals surface area contributed by atoms with Gasteiger partial charge in [0.25, 0.3) is 5.91 Å². The molecule has 2 aromatic carbocycles. The maximum atomic E-state index is 12.5. The smallest absolute Gasteiger partial charge is 0.257 e. The number of nitrogens with one attached hydrogen (secondary N) is 2. The molecule has 2 heterocycles. The largest absolute Gasteiger partial charge is 0.497 e. The molecule has 4 aromatic rings. The highest BCUT2D eigenvalue weighted by Gasteiger charge is 2.14. The molecule has 6 nitrogen and oxygen atoms in total. The van der Waals surface area contributed by atoms with Gasteiger partial charge in [0.1, 0.15) is 5.75 Å². The number of anilines is 2. The van der Waals surface area contributed by atoms with Crippen molar-refractivity contribution in [3.05, 3.63) is 42.0 Å². The van der Waals surface area contributed by atoms with Crippen molar-refractivity contribution in [1.82, 2.24) is 9.97 Å². The summed E-state index contributed by atoms with van der Waals surface area (Å²) in [5.41, 5.74) is 2.34. The second kappa shape index (κ2) is 7.50. The summed E-state index contributed by atoms with van der Waals surface area (Å²) >= 11 is 3.08. The van der Waals surface area contributed by atoms with Crippen LogP contribution in [0.4, 0.5) is 10.3 Å². The van der Waals surface area contributed by atoms with Gasteiger partial charge in [-0.2, -0.15) is 0 Å². The van der Waals surface area contributed by atoms with Gasteiger partial charge in [0.15, 0.2) is 10.3 Å². The van der Waals surface area contributed by atoms with Crippen LogP contribution in [0.2, 0.25) is 0 Å². The van der Waals surface area contributed by atoms with Crippen LogP contribution in [0.1, 0.15) is 23.7 Å². The summed E-state index contributed by atoms with van der Waals surface area (Å²) in [7, 11) is 1.58. The second-order valence-electron chi connectivity index (χ2n) is 5.91. The van der Waals surface area contributed by atoms with Crippen molar-refractivity contribution in [3.8, 4) is 5.75 Å². The van der Waals surface area contributed by atoms with Crippen molar-refractivity contribution < 1.29 is 9.53 Å². The Hall–Kier alpha value is -2.71. The molecule has 8 heteroatoms. The number of nitrogens with zero attached hydrogens (tertiary/aromatic N) is 2. The summed E-state index contributed by atoms with van der Waals surface area (Å²) in [5.74, 6) is 0.434. The lowest BCUT2D eigenvalue weighted by Gasteiger charge is -2.03. The summed E-state index contributed by atoms with van der Waals surface area (Å²) in [6.07, 6.45) is 1.05. The minimum Gasteiger partial charge on any atom is -0.497 e. The predicted molar refractivity (Wildman–Crippen MR) is 113 cm³/mol. The zero-order valence-corrected chi connectivity index (χ0v) is 16.5. The summed E-state index contributed by atoms with van der Waals surface area (Å²) in [4.78, 5) is 21.7. The SMILES string of the molecule is CCCNc1nc2ccc3nc(NC(=O)c4cccc(OC)c4)sc3c2s1. The van der Waals surface area contributed by atoms with E-state index in [0.717, 1.165) is 38.5 Å². The van der Waals surface area contributed by atoms with Crippen LogP contribution >= 0.6 is 22.7 Å². The van der Waals surface area contributed by atoms with Crippen LogP contribution in [0.25, 0.3) is 20.4 Å². The Kier molecular flexibility index (Phi) is 4.91. The third-order valence-electron chi connectivity index (χ3n) is 3.99. The van der Waals surface area contributed by atoms with Gasteiger partial charge in [0.05, 0.1) is 27.5 Å². The van der Waals surface area contributed by atoms with E-state index >= 15 is 0 Å². The Morgan fingerprint density at radius 2 is 1.78 bits per heavy atom. The fraction of sp³-hybridized carbons (Fsp3) is 0.211. The minimum absolute atomic E-state index is 0.209. The zero-order valence-electron chi connectivity index (χ0n) is 14.9. The monoisotopic (exact) mass is 398 g/mol. The van der Waals surface area contributed by atoms with Crippen LogP contribution in [0, 0.1) is 0 Å². The lowest BCUT2D eigenvalue weighted by atomic mass is 10.2. The number of thiazole rings is 2. The van der Waals surface area contributed by atoms with E-state index in [2.05, 4.69) is 27.5 Å². The maximum Gasteiger partial charge on any atom is 0.257 e. The number of amides is 1. The van der Waals surface area contributed by atoms with Gasteiger partial charge in [-0.1, -0.05) is 35.7 Å². The molecule has 27 heavy (non-hydrogen) atoms. The predicted octanol–water partition coefficient (Wildman–Crippen LogP) is 4.99. The normalized spacial score (nSPS) is 11.0. The molecule has 0 saturated heterocycles. The van der Waals surface area contributed by atoms with Gasteiger partial charge in [-0.3, -0.25) is 10.1 Å². The van der Waals surface area contributed by atoms with Crippen molar-refractivity contribution >= 4 is 59.3 Å². The van der Waals surface area contributed by atoms with Gasteiger partial charge in [-0.05, 0) is 36.8 Å². The summed E-state index contributed by atoms with van der Waals surface area (Å²) < 4.78 is 7.30. The highest BCUT2D eigenvalue weighted by molar-refractivity contribution is 7.30. The van der Waals surface area contributed by atoms with Crippen LogP contribution in [0.5, 0.6) is 5.75 Å². The number of rotatable bonds is 6. The first-order valence-corrected chi connectivity index (χ1v) is 10.2. The molecule has 1 amide bonds. The molecule has 0 radical (unpaired) electrons. The first-order valence-electron chi connectivity index (χ1n) is 8.57. The molecule has 0 saturated carbocycles. The Morgan fingerprint density at radius 1 is 1.07 bits per heavy atom. The van der Waals surface area contributed by atoms with E-state index in [4.69, 9.17) is 4.74 Å². The van der Waals surface area contributed by atoms with E-state index in [0.29, 0.717) is 16.4 Å². The van der Waals surface area contributed by atoms with E-state index in [1.807, 2.05) is 12.1 Å². The van der Waals surface area contributed by atoms with E-state index < -0.39 is 0 Å². The van der Waals surface area contributed by atoms with Gasteiger partial charge in [0, 0.05) is 12.1 Å². The molecular formula is C19H18N4O2S2. The molecule has 0 aliphatic rings.